The Hall–Kier alpha value is -4.03. The van der Waals surface area contributed by atoms with Gasteiger partial charge in [-0.05, 0) is 55.3 Å². The van der Waals surface area contributed by atoms with Crippen LogP contribution in [0.15, 0.2) is 72.6 Å². The Morgan fingerprint density at radius 3 is 2.69 bits per heavy atom. The number of carbonyl (C=O) groups is 1. The summed E-state index contributed by atoms with van der Waals surface area (Å²) in [5, 5.41) is 1.11. The monoisotopic (exact) mass is 480 g/mol. The van der Waals surface area contributed by atoms with Gasteiger partial charge in [-0.3, -0.25) is 9.69 Å². The van der Waals surface area contributed by atoms with Crippen molar-refractivity contribution in [2.45, 2.75) is 26.4 Å². The van der Waals surface area contributed by atoms with E-state index in [2.05, 4.69) is 46.9 Å². The van der Waals surface area contributed by atoms with Crippen LogP contribution in [0, 0.1) is 0 Å². The summed E-state index contributed by atoms with van der Waals surface area (Å²) in [4.78, 5) is 15.5. The van der Waals surface area contributed by atoms with E-state index in [1.165, 1.54) is 5.56 Å². The van der Waals surface area contributed by atoms with Gasteiger partial charge in [-0.2, -0.15) is 0 Å². The van der Waals surface area contributed by atoms with Gasteiger partial charge in [0.15, 0.2) is 5.76 Å². The molecule has 0 N–H and O–H groups in total. The van der Waals surface area contributed by atoms with Crippen molar-refractivity contribution < 1.29 is 19.0 Å². The molecule has 0 radical (unpaired) electrons. The van der Waals surface area contributed by atoms with Gasteiger partial charge >= 0.3 is 0 Å². The number of hydrogen-bond donors (Lipinski definition) is 0. The lowest BCUT2D eigenvalue weighted by atomic mass is 10.0. The van der Waals surface area contributed by atoms with E-state index in [1.54, 1.807) is 7.11 Å². The number of rotatable bonds is 6. The van der Waals surface area contributed by atoms with Gasteiger partial charge in [0, 0.05) is 42.3 Å². The second-order valence-corrected chi connectivity index (χ2v) is 9.17. The van der Waals surface area contributed by atoms with E-state index < -0.39 is 0 Å². The van der Waals surface area contributed by atoms with E-state index in [4.69, 9.17) is 14.2 Å². The summed E-state index contributed by atoms with van der Waals surface area (Å²) >= 11 is 0. The van der Waals surface area contributed by atoms with Gasteiger partial charge in [0.25, 0.3) is 0 Å². The molecule has 2 aliphatic rings. The Morgan fingerprint density at radius 1 is 1.06 bits per heavy atom. The molecule has 3 aromatic carbocycles. The predicted molar refractivity (Wildman–Crippen MR) is 140 cm³/mol. The van der Waals surface area contributed by atoms with Crippen LogP contribution in [0.3, 0.4) is 0 Å². The molecule has 36 heavy (non-hydrogen) atoms. The summed E-state index contributed by atoms with van der Waals surface area (Å²) < 4.78 is 19.7. The first-order chi connectivity index (χ1) is 17.6. The van der Waals surface area contributed by atoms with Gasteiger partial charge in [0.2, 0.25) is 5.78 Å². The third-order valence-corrected chi connectivity index (χ3v) is 7.00. The first-order valence-electron chi connectivity index (χ1n) is 12.3. The number of ketones is 1. The molecule has 6 heteroatoms. The summed E-state index contributed by atoms with van der Waals surface area (Å²) in [6.07, 6.45) is 4.84. The van der Waals surface area contributed by atoms with Crippen molar-refractivity contribution in [1.82, 2.24) is 9.47 Å². The van der Waals surface area contributed by atoms with E-state index in [-0.39, 0.29) is 5.78 Å². The molecule has 0 saturated carbocycles. The number of fused-ring (bicyclic) bond motifs is 4. The number of methoxy groups -OCH3 is 1. The van der Waals surface area contributed by atoms with Crippen LogP contribution in [-0.4, -0.2) is 35.6 Å². The smallest absolute Gasteiger partial charge is 0.231 e. The average Bonchev–Trinajstić information content (AvgIpc) is 3.45. The zero-order valence-electron chi connectivity index (χ0n) is 20.5. The van der Waals surface area contributed by atoms with E-state index in [0.717, 1.165) is 53.0 Å². The Labute approximate surface area is 210 Å². The highest BCUT2D eigenvalue weighted by Crippen LogP contribution is 2.42. The van der Waals surface area contributed by atoms with Crippen LogP contribution in [0.5, 0.6) is 17.2 Å². The van der Waals surface area contributed by atoms with Crippen LogP contribution in [0.2, 0.25) is 0 Å². The highest BCUT2D eigenvalue weighted by Gasteiger charge is 2.33. The van der Waals surface area contributed by atoms with Gasteiger partial charge < -0.3 is 18.8 Å². The fourth-order valence-electron chi connectivity index (χ4n) is 5.02. The summed E-state index contributed by atoms with van der Waals surface area (Å²) in [5.41, 5.74) is 4.90. The van der Waals surface area contributed by atoms with Crippen molar-refractivity contribution in [2.24, 2.45) is 0 Å². The Bertz CT molecular complexity index is 1480. The number of benzene rings is 3. The van der Waals surface area contributed by atoms with Crippen molar-refractivity contribution in [3.63, 3.8) is 0 Å². The number of carbonyl (C=O) groups excluding carboxylic acids is 1. The molecule has 0 aliphatic carbocycles. The lowest BCUT2D eigenvalue weighted by Gasteiger charge is -2.29. The number of aromatic nitrogens is 1. The molecule has 0 atom stereocenters. The number of hydrogen-bond acceptors (Lipinski definition) is 5. The molecule has 6 rings (SSSR count). The summed E-state index contributed by atoms with van der Waals surface area (Å²) in [7, 11) is 1.67. The molecule has 1 aromatic heterocycles. The summed E-state index contributed by atoms with van der Waals surface area (Å²) in [6.45, 7) is 4.99. The lowest BCUT2D eigenvalue weighted by Crippen LogP contribution is -2.33. The van der Waals surface area contributed by atoms with Gasteiger partial charge in [0.05, 0.1) is 18.2 Å². The van der Waals surface area contributed by atoms with Crippen LogP contribution in [0.4, 0.5) is 0 Å². The number of para-hydroxylation sites is 1. The highest BCUT2D eigenvalue weighted by molar-refractivity contribution is 6.15. The molecule has 6 nitrogen and oxygen atoms in total. The Kier molecular flexibility index (Phi) is 5.74. The quantitative estimate of drug-likeness (QED) is 0.332. The molecule has 4 aromatic rings. The molecular weight excluding hydrogens is 452 g/mol. The van der Waals surface area contributed by atoms with Crippen molar-refractivity contribution in [1.29, 1.82) is 0 Å². The van der Waals surface area contributed by atoms with Crippen molar-refractivity contribution in [3.05, 3.63) is 94.9 Å². The second-order valence-electron chi connectivity index (χ2n) is 9.17. The maximum Gasteiger partial charge on any atom is 0.231 e. The number of Topliss-reactive ketones (excluding diaryl/α,β-unsaturated/α-hetero) is 1. The fourth-order valence-corrected chi connectivity index (χ4v) is 5.02. The minimum Gasteiger partial charge on any atom is -0.497 e. The number of ether oxygens (including phenoxy) is 3. The molecule has 2 aliphatic heterocycles. The molecule has 0 spiro atoms. The molecule has 0 unspecified atom stereocenters. The van der Waals surface area contributed by atoms with Gasteiger partial charge in [-0.1, -0.05) is 30.3 Å². The molecular formula is C30H28N2O4. The largest absolute Gasteiger partial charge is 0.497 e. The predicted octanol–water partition coefficient (Wildman–Crippen LogP) is 5.68. The van der Waals surface area contributed by atoms with Crippen LogP contribution < -0.4 is 14.2 Å². The van der Waals surface area contributed by atoms with Gasteiger partial charge in [0.1, 0.15) is 24.0 Å². The zero-order valence-corrected chi connectivity index (χ0v) is 20.5. The van der Waals surface area contributed by atoms with Crippen molar-refractivity contribution >= 4 is 22.8 Å². The molecule has 3 heterocycles. The van der Waals surface area contributed by atoms with Crippen molar-refractivity contribution in [3.8, 4) is 17.2 Å². The molecule has 0 bridgehead atoms. The second kappa shape index (κ2) is 9.21. The molecule has 0 amide bonds. The average molecular weight is 481 g/mol. The Balaban J connectivity index is 1.24. The number of aryl methyl sites for hydroxylation is 1. The summed E-state index contributed by atoms with van der Waals surface area (Å²) in [5.74, 6) is 2.53. The third kappa shape index (κ3) is 3.93. The van der Waals surface area contributed by atoms with E-state index in [1.807, 2.05) is 42.5 Å². The number of nitrogens with zero attached hydrogens (tertiary/aromatic N) is 2. The first-order valence-corrected chi connectivity index (χ1v) is 12.3. The maximum absolute atomic E-state index is 13.3. The molecule has 0 fully saturated rings. The standard InChI is InChI=1S/C30H28N2O4/c1-3-32-17-21(23-6-4-5-7-26(23)32)16-28-29(33)24-12-13-27-25(30(24)36-28)18-31(19-35-27)15-14-20-8-10-22(34-2)11-9-20/h4-13,16-17H,3,14-15,18-19H2,1-2H3/b28-16-. The topological polar surface area (TPSA) is 52.9 Å². The SMILES string of the molecule is CCn1cc(/C=C2\Oc3c(ccc4c3CN(CCc3ccc(OC)cc3)CO4)C2=O)c2ccccc21. The van der Waals surface area contributed by atoms with Crippen LogP contribution in [0.1, 0.15) is 34.0 Å². The van der Waals surface area contributed by atoms with Crippen LogP contribution >= 0.6 is 0 Å². The van der Waals surface area contributed by atoms with E-state index in [9.17, 15) is 4.79 Å². The molecule has 182 valence electrons. The minimum atomic E-state index is -0.0866. The zero-order chi connectivity index (χ0) is 24.6. The van der Waals surface area contributed by atoms with Crippen LogP contribution in [0.25, 0.3) is 17.0 Å². The lowest BCUT2D eigenvalue weighted by molar-refractivity contribution is 0.0949. The normalized spacial score (nSPS) is 16.1. The highest BCUT2D eigenvalue weighted by atomic mass is 16.5. The van der Waals surface area contributed by atoms with E-state index in [0.29, 0.717) is 30.3 Å². The maximum atomic E-state index is 13.3. The van der Waals surface area contributed by atoms with E-state index >= 15 is 0 Å². The van der Waals surface area contributed by atoms with Gasteiger partial charge in [-0.25, -0.2) is 0 Å². The van der Waals surface area contributed by atoms with Crippen molar-refractivity contribution in [2.75, 3.05) is 20.4 Å². The third-order valence-electron chi connectivity index (χ3n) is 7.00. The Morgan fingerprint density at radius 2 is 1.89 bits per heavy atom. The van der Waals surface area contributed by atoms with Gasteiger partial charge in [-0.15, -0.1) is 0 Å². The fraction of sp³-hybridized carbons (Fsp3) is 0.233. The minimum absolute atomic E-state index is 0.0866. The number of allylic oxidation sites excluding steroid dienone is 1. The molecule has 0 saturated heterocycles. The first kappa shape index (κ1) is 22.4. The summed E-state index contributed by atoms with van der Waals surface area (Å²) in [6, 6.07) is 20.1. The van der Waals surface area contributed by atoms with Crippen LogP contribution in [-0.2, 0) is 19.5 Å².